The summed E-state index contributed by atoms with van der Waals surface area (Å²) in [5, 5.41) is 3.95. The second-order valence-corrected chi connectivity index (χ2v) is 5.58. The predicted octanol–water partition coefficient (Wildman–Crippen LogP) is 1.99. The molecule has 0 bridgehead atoms. The van der Waals surface area contributed by atoms with E-state index >= 15 is 0 Å². The van der Waals surface area contributed by atoms with Crippen molar-refractivity contribution in [1.82, 2.24) is 15.1 Å². The first kappa shape index (κ1) is 14.6. The Labute approximate surface area is 123 Å². The third kappa shape index (κ3) is 3.20. The number of hydrogen-bond donors (Lipinski definition) is 1. The van der Waals surface area contributed by atoms with Gasteiger partial charge in [-0.3, -0.25) is 9.69 Å². The zero-order chi connectivity index (χ0) is 14.0. The van der Waals surface area contributed by atoms with Crippen molar-refractivity contribution in [2.75, 3.05) is 33.9 Å². The minimum Gasteiger partial charge on any atom is -0.320 e. The van der Waals surface area contributed by atoms with Gasteiger partial charge >= 0.3 is 0 Å². The maximum atomic E-state index is 12.1. The highest BCUT2D eigenvalue weighted by Crippen LogP contribution is 2.31. The van der Waals surface area contributed by atoms with Gasteiger partial charge in [-0.2, -0.15) is 0 Å². The van der Waals surface area contributed by atoms with Gasteiger partial charge in [0.05, 0.1) is 29.3 Å². The Kier molecular flexibility index (Phi) is 4.68. The molecule has 104 valence electrons. The fourth-order valence-corrected chi connectivity index (χ4v) is 2.63. The Bertz CT molecular complexity index is 481. The minimum atomic E-state index is 0.0283. The van der Waals surface area contributed by atoms with Gasteiger partial charge in [0.15, 0.2) is 0 Å². The summed E-state index contributed by atoms with van der Waals surface area (Å²) in [6, 6.07) is 5.57. The summed E-state index contributed by atoms with van der Waals surface area (Å²) < 4.78 is 0. The molecule has 1 aliphatic rings. The molecule has 0 radical (unpaired) electrons. The Hall–Kier alpha value is -0.810. The van der Waals surface area contributed by atoms with E-state index in [9.17, 15) is 4.79 Å². The lowest BCUT2D eigenvalue weighted by Gasteiger charge is -2.24. The monoisotopic (exact) mass is 301 g/mol. The van der Waals surface area contributed by atoms with Gasteiger partial charge in [0, 0.05) is 6.54 Å². The van der Waals surface area contributed by atoms with Crippen molar-refractivity contribution in [2.45, 2.75) is 6.04 Å². The lowest BCUT2D eigenvalue weighted by molar-refractivity contribution is -0.131. The molecule has 1 N–H and O–H groups in total. The number of amides is 1. The number of likely N-dealkylation sites (N-methyl/N-ethyl adjacent to an activating group) is 2. The number of carbonyl (C=O) groups is 1. The Morgan fingerprint density at radius 1 is 1.42 bits per heavy atom. The smallest absolute Gasteiger partial charge is 0.238 e. The van der Waals surface area contributed by atoms with Crippen molar-refractivity contribution in [2.24, 2.45) is 0 Å². The molecule has 1 saturated heterocycles. The van der Waals surface area contributed by atoms with Gasteiger partial charge in [-0.05, 0) is 31.8 Å². The normalized spacial score (nSPS) is 20.0. The molecule has 1 atom stereocenters. The van der Waals surface area contributed by atoms with E-state index < -0.39 is 0 Å². The zero-order valence-electron chi connectivity index (χ0n) is 11.0. The zero-order valence-corrected chi connectivity index (χ0v) is 12.5. The molecule has 0 saturated carbocycles. The molecular formula is C13H17Cl2N3O. The maximum absolute atomic E-state index is 12.1. The number of nitrogens with one attached hydrogen (secondary N) is 1. The number of halogens is 2. The van der Waals surface area contributed by atoms with Crippen molar-refractivity contribution >= 4 is 29.1 Å². The van der Waals surface area contributed by atoms with Crippen LogP contribution in [-0.2, 0) is 4.79 Å². The summed E-state index contributed by atoms with van der Waals surface area (Å²) in [7, 11) is 3.77. The summed E-state index contributed by atoms with van der Waals surface area (Å²) >= 11 is 12.0. The van der Waals surface area contributed by atoms with Crippen LogP contribution in [0.3, 0.4) is 0 Å². The molecule has 19 heavy (non-hydrogen) atoms. The fraction of sp³-hybridized carbons (Fsp3) is 0.462. The molecule has 1 heterocycles. The molecule has 0 aromatic heterocycles. The van der Waals surface area contributed by atoms with E-state index in [0.29, 0.717) is 23.3 Å². The first-order chi connectivity index (χ1) is 9.02. The van der Waals surface area contributed by atoms with E-state index in [1.807, 2.05) is 24.1 Å². The van der Waals surface area contributed by atoms with Gasteiger partial charge in [-0.1, -0.05) is 29.3 Å². The molecular weight excluding hydrogens is 285 g/mol. The van der Waals surface area contributed by atoms with Crippen molar-refractivity contribution in [3.05, 3.63) is 33.8 Å². The molecule has 6 heteroatoms. The SMILES string of the molecule is CNCC(=O)N1CN(C)C[C@H]1c1ccc(Cl)c(Cl)c1. The Morgan fingerprint density at radius 2 is 2.16 bits per heavy atom. The number of carbonyl (C=O) groups excluding carboxylic acids is 1. The van der Waals surface area contributed by atoms with E-state index in [1.165, 1.54) is 0 Å². The summed E-state index contributed by atoms with van der Waals surface area (Å²) in [4.78, 5) is 16.1. The molecule has 0 unspecified atom stereocenters. The highest BCUT2D eigenvalue weighted by molar-refractivity contribution is 6.42. The van der Waals surface area contributed by atoms with E-state index in [1.54, 1.807) is 13.1 Å². The molecule has 1 aliphatic heterocycles. The number of hydrogen-bond acceptors (Lipinski definition) is 3. The molecule has 4 nitrogen and oxygen atoms in total. The number of benzene rings is 1. The average molecular weight is 302 g/mol. The molecule has 1 aromatic carbocycles. The van der Waals surface area contributed by atoms with Crippen LogP contribution in [0.5, 0.6) is 0 Å². The third-order valence-electron chi connectivity index (χ3n) is 3.23. The van der Waals surface area contributed by atoms with Crippen molar-refractivity contribution < 1.29 is 4.79 Å². The van der Waals surface area contributed by atoms with Gasteiger partial charge < -0.3 is 10.2 Å². The highest BCUT2D eigenvalue weighted by Gasteiger charge is 2.32. The second kappa shape index (κ2) is 6.09. The maximum Gasteiger partial charge on any atom is 0.238 e. The standard InChI is InChI=1S/C13H17Cl2N3O/c1-16-6-13(19)18-8-17(2)7-12(18)9-3-4-10(14)11(15)5-9/h3-5,12,16H,6-8H2,1-2H3/t12-/m0/s1. The van der Waals surface area contributed by atoms with E-state index in [0.717, 1.165) is 12.1 Å². The van der Waals surface area contributed by atoms with Gasteiger partial charge in [-0.15, -0.1) is 0 Å². The van der Waals surface area contributed by atoms with Gasteiger partial charge in [-0.25, -0.2) is 0 Å². The predicted molar refractivity (Wildman–Crippen MR) is 77.5 cm³/mol. The van der Waals surface area contributed by atoms with E-state index in [2.05, 4.69) is 10.2 Å². The molecule has 0 aliphatic carbocycles. The van der Waals surface area contributed by atoms with Crippen molar-refractivity contribution in [3.8, 4) is 0 Å². The number of nitrogens with zero attached hydrogens (tertiary/aromatic N) is 2. The average Bonchev–Trinajstić information content (AvgIpc) is 2.75. The summed E-state index contributed by atoms with van der Waals surface area (Å²) in [6.45, 7) is 1.77. The second-order valence-electron chi connectivity index (χ2n) is 4.76. The lowest BCUT2D eigenvalue weighted by Crippen LogP contribution is -2.37. The van der Waals surface area contributed by atoms with Gasteiger partial charge in [0.25, 0.3) is 0 Å². The van der Waals surface area contributed by atoms with Crippen LogP contribution in [0, 0.1) is 0 Å². The molecule has 1 fully saturated rings. The number of rotatable bonds is 3. The van der Waals surface area contributed by atoms with E-state index in [4.69, 9.17) is 23.2 Å². The van der Waals surface area contributed by atoms with Crippen molar-refractivity contribution in [3.63, 3.8) is 0 Å². The van der Waals surface area contributed by atoms with Crippen LogP contribution < -0.4 is 5.32 Å². The van der Waals surface area contributed by atoms with Crippen molar-refractivity contribution in [1.29, 1.82) is 0 Å². The lowest BCUT2D eigenvalue weighted by atomic mass is 10.1. The minimum absolute atomic E-state index is 0.0283. The van der Waals surface area contributed by atoms with E-state index in [-0.39, 0.29) is 11.9 Å². The quantitative estimate of drug-likeness (QED) is 0.927. The highest BCUT2D eigenvalue weighted by atomic mass is 35.5. The summed E-state index contributed by atoms with van der Waals surface area (Å²) in [5.74, 6) is 0.0860. The van der Waals surface area contributed by atoms with Crippen LogP contribution in [0.1, 0.15) is 11.6 Å². The van der Waals surface area contributed by atoms with Gasteiger partial charge in [0.1, 0.15) is 0 Å². The van der Waals surface area contributed by atoms with Crippen LogP contribution in [0.2, 0.25) is 10.0 Å². The largest absolute Gasteiger partial charge is 0.320 e. The Morgan fingerprint density at radius 3 is 2.79 bits per heavy atom. The third-order valence-corrected chi connectivity index (χ3v) is 3.97. The molecule has 2 rings (SSSR count). The van der Waals surface area contributed by atoms with Crippen LogP contribution in [0.15, 0.2) is 18.2 Å². The molecule has 1 aromatic rings. The first-order valence-electron chi connectivity index (χ1n) is 6.10. The molecule has 0 spiro atoms. The Balaban J connectivity index is 2.25. The molecule has 1 amide bonds. The first-order valence-corrected chi connectivity index (χ1v) is 6.86. The van der Waals surface area contributed by atoms with Crippen LogP contribution in [0.4, 0.5) is 0 Å². The van der Waals surface area contributed by atoms with Crippen LogP contribution in [0.25, 0.3) is 0 Å². The summed E-state index contributed by atoms with van der Waals surface area (Å²) in [5.41, 5.74) is 1.02. The van der Waals surface area contributed by atoms with Crippen LogP contribution >= 0.6 is 23.2 Å². The topological polar surface area (TPSA) is 35.6 Å². The summed E-state index contributed by atoms with van der Waals surface area (Å²) in [6.07, 6.45) is 0. The van der Waals surface area contributed by atoms with Gasteiger partial charge in [0.2, 0.25) is 5.91 Å². The van der Waals surface area contributed by atoms with Crippen LogP contribution in [-0.4, -0.2) is 49.6 Å². The fourth-order valence-electron chi connectivity index (χ4n) is 2.32.